The molecule has 1 fully saturated rings. The molecule has 0 bridgehead atoms. The van der Waals surface area contributed by atoms with Gasteiger partial charge in [-0.2, -0.15) is 10.1 Å². The first-order chi connectivity index (χ1) is 10.4. The van der Waals surface area contributed by atoms with E-state index >= 15 is 0 Å². The van der Waals surface area contributed by atoms with E-state index in [0.717, 1.165) is 29.5 Å². The number of aromatic nitrogens is 2. The molecule has 0 aromatic carbocycles. The van der Waals surface area contributed by atoms with Crippen LogP contribution in [0.3, 0.4) is 0 Å². The standard InChI is InChI=1S/C16H22N4OS/c1-16(2,3)13-11(10-17-19-13)9-12-14(21)18-15(22-12)20-7-5-4-6-8-20/h9-10H,4-8H2,1-3H3,(H,17,19)/b12-9-. The van der Waals surface area contributed by atoms with Crippen LogP contribution in [0, 0.1) is 0 Å². The molecule has 22 heavy (non-hydrogen) atoms. The molecule has 0 aliphatic carbocycles. The van der Waals surface area contributed by atoms with Crippen LogP contribution < -0.4 is 0 Å². The van der Waals surface area contributed by atoms with E-state index in [1.54, 1.807) is 6.20 Å². The number of amides is 1. The predicted molar refractivity (Wildman–Crippen MR) is 90.7 cm³/mol. The van der Waals surface area contributed by atoms with Gasteiger partial charge in [0.25, 0.3) is 5.91 Å². The van der Waals surface area contributed by atoms with Gasteiger partial charge in [0, 0.05) is 29.8 Å². The molecule has 1 aromatic rings. The van der Waals surface area contributed by atoms with E-state index in [9.17, 15) is 4.79 Å². The van der Waals surface area contributed by atoms with Gasteiger partial charge in [0.2, 0.25) is 0 Å². The van der Waals surface area contributed by atoms with Crippen LogP contribution in [-0.2, 0) is 10.2 Å². The van der Waals surface area contributed by atoms with Gasteiger partial charge in [-0.3, -0.25) is 9.89 Å². The Bertz CT molecular complexity index is 633. The summed E-state index contributed by atoms with van der Waals surface area (Å²) in [6, 6.07) is 0. The molecule has 1 aromatic heterocycles. The molecule has 1 N–H and O–H groups in total. The summed E-state index contributed by atoms with van der Waals surface area (Å²) < 4.78 is 0. The maximum atomic E-state index is 12.2. The Morgan fingerprint density at radius 3 is 2.68 bits per heavy atom. The Kier molecular flexibility index (Phi) is 4.12. The van der Waals surface area contributed by atoms with Crippen LogP contribution in [0.25, 0.3) is 6.08 Å². The van der Waals surface area contributed by atoms with Crippen molar-refractivity contribution in [1.29, 1.82) is 0 Å². The van der Waals surface area contributed by atoms with Crippen molar-refractivity contribution in [3.8, 4) is 0 Å². The van der Waals surface area contributed by atoms with Crippen molar-refractivity contribution in [1.82, 2.24) is 15.1 Å². The molecule has 0 radical (unpaired) electrons. The second-order valence-corrected chi connectivity index (χ2v) is 7.82. The Morgan fingerprint density at radius 1 is 1.27 bits per heavy atom. The lowest BCUT2D eigenvalue weighted by atomic mass is 9.89. The molecule has 1 amide bonds. The van der Waals surface area contributed by atoms with Crippen LogP contribution in [0.15, 0.2) is 16.1 Å². The maximum absolute atomic E-state index is 12.2. The number of amidine groups is 1. The number of hydrogen-bond donors (Lipinski definition) is 1. The summed E-state index contributed by atoms with van der Waals surface area (Å²) in [5.74, 6) is -0.133. The smallest absolute Gasteiger partial charge is 0.286 e. The first-order valence-corrected chi connectivity index (χ1v) is 8.58. The zero-order valence-electron chi connectivity index (χ0n) is 13.3. The number of carbonyl (C=O) groups excluding carboxylic acids is 1. The van der Waals surface area contributed by atoms with Gasteiger partial charge in [0.15, 0.2) is 5.17 Å². The number of thioether (sulfide) groups is 1. The molecule has 5 nitrogen and oxygen atoms in total. The highest BCUT2D eigenvalue weighted by Crippen LogP contribution is 2.33. The zero-order chi connectivity index (χ0) is 15.7. The van der Waals surface area contributed by atoms with Crippen LogP contribution >= 0.6 is 11.8 Å². The molecule has 0 spiro atoms. The number of piperidine rings is 1. The molecule has 0 saturated carbocycles. The summed E-state index contributed by atoms with van der Waals surface area (Å²) in [4.78, 5) is 19.3. The van der Waals surface area contributed by atoms with E-state index in [4.69, 9.17) is 0 Å². The molecule has 3 heterocycles. The average Bonchev–Trinajstić information content (AvgIpc) is 3.08. The molecular formula is C16H22N4OS. The second kappa shape index (κ2) is 5.91. The lowest BCUT2D eigenvalue weighted by Crippen LogP contribution is -2.33. The van der Waals surface area contributed by atoms with Gasteiger partial charge in [0.05, 0.1) is 11.1 Å². The molecule has 6 heteroatoms. The van der Waals surface area contributed by atoms with Crippen molar-refractivity contribution in [3.63, 3.8) is 0 Å². The lowest BCUT2D eigenvalue weighted by Gasteiger charge is -2.27. The molecule has 0 unspecified atom stereocenters. The fraction of sp³-hybridized carbons (Fsp3) is 0.562. The third-order valence-corrected chi connectivity index (χ3v) is 4.99. The fourth-order valence-corrected chi connectivity index (χ4v) is 3.72. The Hall–Kier alpha value is -1.56. The first kappa shape index (κ1) is 15.3. The van der Waals surface area contributed by atoms with E-state index < -0.39 is 0 Å². The zero-order valence-corrected chi connectivity index (χ0v) is 14.2. The van der Waals surface area contributed by atoms with E-state index in [1.807, 2.05) is 6.08 Å². The maximum Gasteiger partial charge on any atom is 0.286 e. The predicted octanol–water partition coefficient (Wildman–Crippen LogP) is 3.16. The van der Waals surface area contributed by atoms with Gasteiger partial charge in [-0.1, -0.05) is 20.8 Å². The number of likely N-dealkylation sites (tertiary alicyclic amines) is 1. The number of nitrogens with one attached hydrogen (secondary N) is 1. The number of carbonyl (C=O) groups is 1. The molecule has 2 aliphatic heterocycles. The third kappa shape index (κ3) is 3.11. The Labute approximate surface area is 135 Å². The molecule has 1 saturated heterocycles. The molecule has 0 atom stereocenters. The minimum Gasteiger partial charge on any atom is -0.351 e. The minimum atomic E-state index is -0.133. The molecule has 2 aliphatic rings. The van der Waals surface area contributed by atoms with Crippen molar-refractivity contribution in [3.05, 3.63) is 22.4 Å². The number of aromatic amines is 1. The highest BCUT2D eigenvalue weighted by atomic mass is 32.2. The van der Waals surface area contributed by atoms with Crippen molar-refractivity contribution >= 4 is 28.9 Å². The lowest BCUT2D eigenvalue weighted by molar-refractivity contribution is -0.113. The number of H-pyrrole nitrogens is 1. The number of rotatable bonds is 1. The molecular weight excluding hydrogens is 296 g/mol. The normalized spacial score (nSPS) is 21.6. The Balaban J connectivity index is 1.80. The SMILES string of the molecule is CC(C)(C)c1[nH]ncc1/C=C1\SC(N2CCCCC2)=NC1=O. The summed E-state index contributed by atoms with van der Waals surface area (Å²) in [5.41, 5.74) is 1.98. The van der Waals surface area contributed by atoms with Gasteiger partial charge in [-0.05, 0) is 37.1 Å². The topological polar surface area (TPSA) is 61.4 Å². The molecule has 118 valence electrons. The average molecular weight is 318 g/mol. The fourth-order valence-electron chi connectivity index (χ4n) is 2.77. The van der Waals surface area contributed by atoms with E-state index in [1.165, 1.54) is 31.0 Å². The van der Waals surface area contributed by atoms with Crippen LogP contribution in [0.1, 0.15) is 51.3 Å². The van der Waals surface area contributed by atoms with Crippen LogP contribution in [0.4, 0.5) is 0 Å². The number of hydrogen-bond acceptors (Lipinski definition) is 4. The van der Waals surface area contributed by atoms with Crippen molar-refractivity contribution in [2.24, 2.45) is 4.99 Å². The quantitative estimate of drug-likeness (QED) is 0.808. The van der Waals surface area contributed by atoms with E-state index in [2.05, 4.69) is 40.9 Å². The van der Waals surface area contributed by atoms with Crippen LogP contribution in [0.5, 0.6) is 0 Å². The largest absolute Gasteiger partial charge is 0.351 e. The number of aliphatic imine (C=N–C) groups is 1. The van der Waals surface area contributed by atoms with Crippen LogP contribution in [-0.4, -0.2) is 39.3 Å². The van der Waals surface area contributed by atoms with Gasteiger partial charge >= 0.3 is 0 Å². The highest BCUT2D eigenvalue weighted by Gasteiger charge is 2.28. The van der Waals surface area contributed by atoms with Gasteiger partial charge in [0.1, 0.15) is 0 Å². The van der Waals surface area contributed by atoms with E-state index in [0.29, 0.717) is 4.91 Å². The monoisotopic (exact) mass is 318 g/mol. The minimum absolute atomic E-state index is 0.0359. The van der Waals surface area contributed by atoms with Crippen molar-refractivity contribution < 1.29 is 4.79 Å². The van der Waals surface area contributed by atoms with Crippen molar-refractivity contribution in [2.45, 2.75) is 45.4 Å². The summed E-state index contributed by atoms with van der Waals surface area (Å²) in [6.07, 6.45) is 7.33. The number of nitrogens with zero attached hydrogens (tertiary/aromatic N) is 3. The summed E-state index contributed by atoms with van der Waals surface area (Å²) in [6.45, 7) is 8.39. The van der Waals surface area contributed by atoms with Gasteiger partial charge in [-0.15, -0.1) is 0 Å². The summed E-state index contributed by atoms with van der Waals surface area (Å²) >= 11 is 1.49. The van der Waals surface area contributed by atoms with Gasteiger partial charge < -0.3 is 4.90 Å². The summed E-state index contributed by atoms with van der Waals surface area (Å²) in [7, 11) is 0. The summed E-state index contributed by atoms with van der Waals surface area (Å²) in [5, 5.41) is 8.03. The highest BCUT2D eigenvalue weighted by molar-refractivity contribution is 8.18. The van der Waals surface area contributed by atoms with Gasteiger partial charge in [-0.25, -0.2) is 0 Å². The Morgan fingerprint density at radius 2 is 2.00 bits per heavy atom. The molecule has 3 rings (SSSR count). The van der Waals surface area contributed by atoms with Crippen molar-refractivity contribution in [2.75, 3.05) is 13.1 Å². The van der Waals surface area contributed by atoms with E-state index in [-0.39, 0.29) is 11.3 Å². The van der Waals surface area contributed by atoms with Crippen LogP contribution in [0.2, 0.25) is 0 Å². The first-order valence-electron chi connectivity index (χ1n) is 7.76. The second-order valence-electron chi connectivity index (χ2n) is 6.81. The third-order valence-electron chi connectivity index (χ3n) is 3.94.